The lowest BCUT2D eigenvalue weighted by molar-refractivity contribution is -0.122. The van der Waals surface area contributed by atoms with Crippen molar-refractivity contribution >= 4 is 5.91 Å². The molecule has 0 aromatic heterocycles. The zero-order valence-corrected chi connectivity index (χ0v) is 10.3. The largest absolute Gasteiger partial charge is 0.351 e. The predicted molar refractivity (Wildman–Crippen MR) is 67.3 cm³/mol. The van der Waals surface area contributed by atoms with E-state index < -0.39 is 0 Å². The molecule has 3 nitrogen and oxygen atoms in total. The van der Waals surface area contributed by atoms with Crippen molar-refractivity contribution in [2.24, 2.45) is 0 Å². The van der Waals surface area contributed by atoms with Gasteiger partial charge in [0.2, 0.25) is 5.91 Å². The fourth-order valence-electron chi connectivity index (χ4n) is 2.20. The van der Waals surface area contributed by atoms with E-state index in [1.807, 2.05) is 6.92 Å². The number of nitrogens with one attached hydrogen (secondary N) is 2. The summed E-state index contributed by atoms with van der Waals surface area (Å²) in [6, 6.07) is 0.426. The summed E-state index contributed by atoms with van der Waals surface area (Å²) in [6.45, 7) is 6.07. The van der Waals surface area contributed by atoms with E-state index >= 15 is 0 Å². The Balaban J connectivity index is 2.27. The second-order valence-corrected chi connectivity index (χ2v) is 4.61. The summed E-state index contributed by atoms with van der Waals surface area (Å²) in [6.07, 6.45) is 9.39. The lowest BCUT2D eigenvalue weighted by atomic mass is 10.1. The minimum Gasteiger partial charge on any atom is -0.351 e. The van der Waals surface area contributed by atoms with Crippen LogP contribution in [0, 0.1) is 0 Å². The van der Waals surface area contributed by atoms with Crippen molar-refractivity contribution in [3.8, 4) is 0 Å². The number of amides is 1. The zero-order chi connectivity index (χ0) is 11.8. The minimum atomic E-state index is -0.0944. The molecule has 0 bridgehead atoms. The van der Waals surface area contributed by atoms with Crippen LogP contribution in [0.25, 0.3) is 0 Å². The summed E-state index contributed by atoms with van der Waals surface area (Å²) in [5, 5.41) is 6.24. The van der Waals surface area contributed by atoms with Gasteiger partial charge in [0.25, 0.3) is 0 Å². The molecule has 0 aromatic carbocycles. The number of rotatable bonds is 5. The van der Waals surface area contributed by atoms with Gasteiger partial charge in [-0.25, -0.2) is 0 Å². The predicted octanol–water partition coefficient (Wildman–Crippen LogP) is 1.99. The van der Waals surface area contributed by atoms with Gasteiger partial charge in [-0.2, -0.15) is 0 Å². The first-order valence-corrected chi connectivity index (χ1v) is 6.38. The number of hydrogen-bond acceptors (Lipinski definition) is 2. The smallest absolute Gasteiger partial charge is 0.237 e. The molecule has 1 rings (SSSR count). The lowest BCUT2D eigenvalue weighted by Gasteiger charge is -2.21. The van der Waals surface area contributed by atoms with E-state index in [0.717, 1.165) is 0 Å². The third-order valence-corrected chi connectivity index (χ3v) is 3.15. The molecule has 1 unspecified atom stereocenters. The van der Waals surface area contributed by atoms with E-state index in [1.54, 1.807) is 6.08 Å². The Labute approximate surface area is 98.7 Å². The van der Waals surface area contributed by atoms with Gasteiger partial charge in [-0.15, -0.1) is 6.58 Å². The monoisotopic (exact) mass is 224 g/mol. The van der Waals surface area contributed by atoms with Crippen LogP contribution in [0.5, 0.6) is 0 Å². The van der Waals surface area contributed by atoms with E-state index in [9.17, 15) is 4.79 Å². The van der Waals surface area contributed by atoms with Crippen LogP contribution >= 0.6 is 0 Å². The molecule has 1 saturated carbocycles. The maximum atomic E-state index is 11.6. The maximum absolute atomic E-state index is 11.6. The maximum Gasteiger partial charge on any atom is 0.237 e. The Kier molecular flexibility index (Phi) is 6.16. The quantitative estimate of drug-likeness (QED) is 0.554. The molecule has 92 valence electrons. The van der Waals surface area contributed by atoms with E-state index in [0.29, 0.717) is 12.6 Å². The molecule has 0 radical (unpaired) electrons. The van der Waals surface area contributed by atoms with Gasteiger partial charge in [-0.3, -0.25) is 4.79 Å². The van der Waals surface area contributed by atoms with Crippen LogP contribution in [0.2, 0.25) is 0 Å². The van der Waals surface area contributed by atoms with Gasteiger partial charge >= 0.3 is 0 Å². The van der Waals surface area contributed by atoms with Gasteiger partial charge in [-0.1, -0.05) is 31.8 Å². The first kappa shape index (κ1) is 13.2. The molecule has 0 spiro atoms. The Morgan fingerprint density at radius 2 is 2.00 bits per heavy atom. The first-order valence-electron chi connectivity index (χ1n) is 6.38. The summed E-state index contributed by atoms with van der Waals surface area (Å²) in [4.78, 5) is 11.6. The molecule has 1 aliphatic rings. The Hall–Kier alpha value is -0.830. The van der Waals surface area contributed by atoms with Gasteiger partial charge in [-0.05, 0) is 19.8 Å². The van der Waals surface area contributed by atoms with Gasteiger partial charge in [0, 0.05) is 12.6 Å². The SMILES string of the molecule is C=CCNC(=O)C(C)NC1CCCCCC1. The van der Waals surface area contributed by atoms with Gasteiger partial charge in [0.1, 0.15) is 0 Å². The topological polar surface area (TPSA) is 41.1 Å². The van der Waals surface area contributed by atoms with Crippen molar-refractivity contribution in [3.05, 3.63) is 12.7 Å². The van der Waals surface area contributed by atoms with Crippen LogP contribution in [0.4, 0.5) is 0 Å². The van der Waals surface area contributed by atoms with Crippen molar-refractivity contribution < 1.29 is 4.79 Å². The van der Waals surface area contributed by atoms with Crippen LogP contribution in [-0.2, 0) is 4.79 Å². The number of carbonyl (C=O) groups excluding carboxylic acids is 1. The fraction of sp³-hybridized carbons (Fsp3) is 0.769. The molecule has 3 heteroatoms. The van der Waals surface area contributed by atoms with Crippen molar-refractivity contribution in [1.82, 2.24) is 10.6 Å². The normalized spacial score (nSPS) is 19.8. The fourth-order valence-corrected chi connectivity index (χ4v) is 2.20. The third-order valence-electron chi connectivity index (χ3n) is 3.15. The van der Waals surface area contributed by atoms with Crippen LogP contribution in [-0.4, -0.2) is 24.5 Å². The van der Waals surface area contributed by atoms with Crippen molar-refractivity contribution in [1.29, 1.82) is 0 Å². The number of hydrogen-bond donors (Lipinski definition) is 2. The molecule has 0 saturated heterocycles. The first-order chi connectivity index (χ1) is 7.74. The Morgan fingerprint density at radius 1 is 1.38 bits per heavy atom. The highest BCUT2D eigenvalue weighted by molar-refractivity contribution is 5.81. The molecular formula is C13H24N2O. The van der Waals surface area contributed by atoms with Crippen LogP contribution in [0.1, 0.15) is 45.4 Å². The molecule has 1 amide bonds. The Morgan fingerprint density at radius 3 is 2.56 bits per heavy atom. The highest BCUT2D eigenvalue weighted by Gasteiger charge is 2.18. The standard InChI is InChI=1S/C13H24N2O/c1-3-10-14-13(16)11(2)15-12-8-6-4-5-7-9-12/h3,11-12,15H,1,4-10H2,2H3,(H,14,16). The molecule has 16 heavy (non-hydrogen) atoms. The third kappa shape index (κ3) is 4.79. The molecule has 2 N–H and O–H groups in total. The summed E-state index contributed by atoms with van der Waals surface area (Å²) < 4.78 is 0. The van der Waals surface area contributed by atoms with Crippen LogP contribution in [0.3, 0.4) is 0 Å². The average molecular weight is 224 g/mol. The summed E-state index contributed by atoms with van der Waals surface area (Å²) in [5.41, 5.74) is 0. The molecule has 0 aromatic rings. The van der Waals surface area contributed by atoms with Crippen LogP contribution < -0.4 is 10.6 Å². The highest BCUT2D eigenvalue weighted by Crippen LogP contribution is 2.17. The summed E-state index contributed by atoms with van der Waals surface area (Å²) in [5.74, 6) is 0.0733. The molecule has 0 heterocycles. The summed E-state index contributed by atoms with van der Waals surface area (Å²) >= 11 is 0. The number of carbonyl (C=O) groups is 1. The molecule has 0 aliphatic heterocycles. The zero-order valence-electron chi connectivity index (χ0n) is 10.3. The van der Waals surface area contributed by atoms with E-state index in [2.05, 4.69) is 17.2 Å². The van der Waals surface area contributed by atoms with Gasteiger partial charge < -0.3 is 10.6 Å². The van der Waals surface area contributed by atoms with E-state index in [1.165, 1.54) is 38.5 Å². The van der Waals surface area contributed by atoms with E-state index in [-0.39, 0.29) is 11.9 Å². The molecule has 1 atom stereocenters. The highest BCUT2D eigenvalue weighted by atomic mass is 16.2. The molecule has 1 aliphatic carbocycles. The second-order valence-electron chi connectivity index (χ2n) is 4.61. The van der Waals surface area contributed by atoms with Gasteiger partial charge in [0.05, 0.1) is 6.04 Å². The lowest BCUT2D eigenvalue weighted by Crippen LogP contribution is -2.46. The van der Waals surface area contributed by atoms with Gasteiger partial charge in [0.15, 0.2) is 0 Å². The second kappa shape index (κ2) is 7.44. The van der Waals surface area contributed by atoms with Crippen molar-refractivity contribution in [3.63, 3.8) is 0 Å². The van der Waals surface area contributed by atoms with Crippen molar-refractivity contribution in [2.45, 2.75) is 57.5 Å². The van der Waals surface area contributed by atoms with Crippen molar-refractivity contribution in [2.75, 3.05) is 6.54 Å². The van der Waals surface area contributed by atoms with E-state index in [4.69, 9.17) is 0 Å². The van der Waals surface area contributed by atoms with Crippen LogP contribution in [0.15, 0.2) is 12.7 Å². The average Bonchev–Trinajstić information content (AvgIpc) is 2.54. The minimum absolute atomic E-state index is 0.0733. The molecule has 1 fully saturated rings. The molecular weight excluding hydrogens is 200 g/mol. The Bertz CT molecular complexity index is 220. The summed E-state index contributed by atoms with van der Waals surface area (Å²) in [7, 11) is 0.